The summed E-state index contributed by atoms with van der Waals surface area (Å²) in [5.74, 6) is 1.11. The lowest BCUT2D eigenvalue weighted by Gasteiger charge is -1.83. The van der Waals surface area contributed by atoms with Gasteiger partial charge in [0.05, 0.1) is 5.75 Å². The van der Waals surface area contributed by atoms with Crippen LogP contribution in [0.15, 0.2) is 28.7 Å². The van der Waals surface area contributed by atoms with Gasteiger partial charge in [-0.15, -0.1) is 0 Å². The Labute approximate surface area is 79.4 Å². The number of fused-ring (bicyclic) bond motifs is 1. The highest BCUT2D eigenvalue weighted by Gasteiger charge is 2.03. The fraction of sp³-hybridized carbons (Fsp3) is 0.111. The molecule has 64 valence electrons. The van der Waals surface area contributed by atoms with E-state index in [1.54, 1.807) is 0 Å². The molecule has 0 aliphatic heterocycles. The fourth-order valence-corrected chi connectivity index (χ4v) is 1.39. The Morgan fingerprint density at radius 3 is 3.08 bits per heavy atom. The Bertz CT molecular complexity index is 425. The molecule has 1 heterocycles. The Morgan fingerprint density at radius 2 is 2.31 bits per heavy atom. The van der Waals surface area contributed by atoms with Crippen LogP contribution in [-0.2, 0) is 5.75 Å². The molecule has 4 heteroatoms. The zero-order valence-electron chi connectivity index (χ0n) is 6.73. The molecule has 0 aliphatic rings. The Morgan fingerprint density at radius 1 is 1.46 bits per heavy atom. The molecule has 0 unspecified atom stereocenters. The zero-order valence-corrected chi connectivity index (χ0v) is 7.54. The van der Waals surface area contributed by atoms with Crippen molar-refractivity contribution < 1.29 is 4.42 Å². The summed E-state index contributed by atoms with van der Waals surface area (Å²) in [4.78, 5) is 4.21. The molecule has 1 aromatic heterocycles. The van der Waals surface area contributed by atoms with E-state index in [2.05, 4.69) is 4.98 Å². The van der Waals surface area contributed by atoms with Crippen molar-refractivity contribution in [3.8, 4) is 5.40 Å². The fourth-order valence-electron chi connectivity index (χ4n) is 1.08. The van der Waals surface area contributed by atoms with Crippen molar-refractivity contribution in [1.29, 1.82) is 5.26 Å². The molecule has 1 aromatic carbocycles. The van der Waals surface area contributed by atoms with Crippen LogP contribution in [0.3, 0.4) is 0 Å². The van der Waals surface area contributed by atoms with Gasteiger partial charge in [-0.2, -0.15) is 5.26 Å². The Kier molecular flexibility index (Phi) is 2.19. The number of nitriles is 1. The predicted octanol–water partition coefficient (Wildman–Crippen LogP) is 2.54. The summed E-state index contributed by atoms with van der Waals surface area (Å²) >= 11 is 1.13. The first-order valence-corrected chi connectivity index (χ1v) is 4.74. The van der Waals surface area contributed by atoms with E-state index in [-0.39, 0.29) is 0 Å². The third-order valence-corrected chi connectivity index (χ3v) is 2.12. The van der Waals surface area contributed by atoms with Gasteiger partial charge in [0.15, 0.2) is 5.58 Å². The molecule has 0 fully saturated rings. The number of thioether (sulfide) groups is 1. The van der Waals surface area contributed by atoms with Crippen LogP contribution in [0, 0.1) is 10.7 Å². The summed E-state index contributed by atoms with van der Waals surface area (Å²) in [5, 5.41) is 10.3. The topological polar surface area (TPSA) is 49.8 Å². The molecule has 0 amide bonds. The van der Waals surface area contributed by atoms with Gasteiger partial charge in [-0.1, -0.05) is 12.1 Å². The van der Waals surface area contributed by atoms with E-state index in [9.17, 15) is 0 Å². The average molecular weight is 190 g/mol. The average Bonchev–Trinajstić information content (AvgIpc) is 2.57. The summed E-state index contributed by atoms with van der Waals surface area (Å²) in [6.45, 7) is 0. The monoisotopic (exact) mass is 190 g/mol. The van der Waals surface area contributed by atoms with Crippen molar-refractivity contribution >= 4 is 22.9 Å². The van der Waals surface area contributed by atoms with Crippen molar-refractivity contribution in [2.24, 2.45) is 0 Å². The van der Waals surface area contributed by atoms with Crippen molar-refractivity contribution in [3.05, 3.63) is 30.2 Å². The van der Waals surface area contributed by atoms with Crippen molar-refractivity contribution in [2.45, 2.75) is 5.75 Å². The number of hydrogen-bond acceptors (Lipinski definition) is 4. The smallest absolute Gasteiger partial charge is 0.206 e. The Hall–Kier alpha value is -1.47. The maximum atomic E-state index is 8.35. The standard InChI is InChI=1S/C9H6N2OS/c10-6-13-5-9-11-7-3-1-2-4-8(7)12-9/h1-4H,5H2. The highest BCUT2D eigenvalue weighted by Crippen LogP contribution is 2.17. The van der Waals surface area contributed by atoms with Gasteiger partial charge in [0.2, 0.25) is 5.89 Å². The van der Waals surface area contributed by atoms with Gasteiger partial charge >= 0.3 is 0 Å². The van der Waals surface area contributed by atoms with Gasteiger partial charge < -0.3 is 4.42 Å². The second kappa shape index (κ2) is 3.50. The van der Waals surface area contributed by atoms with Gasteiger partial charge in [0, 0.05) is 0 Å². The molecule has 2 rings (SSSR count). The molecular formula is C9H6N2OS. The summed E-state index contributed by atoms with van der Waals surface area (Å²) in [6.07, 6.45) is 0. The number of rotatable bonds is 2. The molecule has 0 N–H and O–H groups in total. The SMILES string of the molecule is N#CSCc1nc2ccccc2o1. The van der Waals surface area contributed by atoms with Gasteiger partial charge in [0.25, 0.3) is 0 Å². The van der Waals surface area contributed by atoms with E-state index < -0.39 is 0 Å². The zero-order chi connectivity index (χ0) is 9.10. The summed E-state index contributed by atoms with van der Waals surface area (Å²) < 4.78 is 5.39. The molecule has 0 bridgehead atoms. The molecule has 2 aromatic rings. The van der Waals surface area contributed by atoms with E-state index in [1.807, 2.05) is 29.7 Å². The van der Waals surface area contributed by atoms with E-state index in [4.69, 9.17) is 9.68 Å². The lowest BCUT2D eigenvalue weighted by atomic mass is 10.3. The normalized spacial score (nSPS) is 10.1. The second-order valence-corrected chi connectivity index (χ2v) is 3.22. The molecule has 0 aliphatic carbocycles. The molecular weight excluding hydrogens is 184 g/mol. The first kappa shape index (κ1) is 8.14. The van der Waals surface area contributed by atoms with Gasteiger partial charge in [0.1, 0.15) is 10.9 Å². The van der Waals surface area contributed by atoms with Crippen LogP contribution in [-0.4, -0.2) is 4.98 Å². The highest BCUT2D eigenvalue weighted by molar-refractivity contribution is 8.02. The van der Waals surface area contributed by atoms with Crippen LogP contribution in [0.5, 0.6) is 0 Å². The third-order valence-electron chi connectivity index (χ3n) is 1.60. The van der Waals surface area contributed by atoms with Gasteiger partial charge in [-0.3, -0.25) is 0 Å². The molecule has 0 saturated heterocycles. The van der Waals surface area contributed by atoms with Crippen LogP contribution >= 0.6 is 11.8 Å². The molecule has 3 nitrogen and oxygen atoms in total. The molecule has 0 spiro atoms. The summed E-state index contributed by atoms with van der Waals surface area (Å²) in [5.41, 5.74) is 1.62. The van der Waals surface area contributed by atoms with Crippen LogP contribution in [0.4, 0.5) is 0 Å². The number of aromatic nitrogens is 1. The minimum Gasteiger partial charge on any atom is -0.440 e. The summed E-state index contributed by atoms with van der Waals surface area (Å²) in [7, 11) is 0. The van der Waals surface area contributed by atoms with Crippen molar-refractivity contribution in [2.75, 3.05) is 0 Å². The predicted molar refractivity (Wildman–Crippen MR) is 50.9 cm³/mol. The van der Waals surface area contributed by atoms with Crippen molar-refractivity contribution in [3.63, 3.8) is 0 Å². The van der Waals surface area contributed by atoms with Gasteiger partial charge in [-0.05, 0) is 23.9 Å². The van der Waals surface area contributed by atoms with Crippen LogP contribution < -0.4 is 0 Å². The maximum Gasteiger partial charge on any atom is 0.206 e. The first-order chi connectivity index (χ1) is 6.40. The number of nitrogens with zero attached hydrogens (tertiary/aromatic N) is 2. The molecule has 0 radical (unpaired) electrons. The van der Waals surface area contributed by atoms with Crippen LogP contribution in [0.25, 0.3) is 11.1 Å². The van der Waals surface area contributed by atoms with Crippen molar-refractivity contribution in [1.82, 2.24) is 4.98 Å². The number of benzene rings is 1. The van der Waals surface area contributed by atoms with E-state index in [0.29, 0.717) is 11.6 Å². The highest BCUT2D eigenvalue weighted by atomic mass is 32.2. The van der Waals surface area contributed by atoms with E-state index >= 15 is 0 Å². The molecule has 0 saturated carbocycles. The molecule has 13 heavy (non-hydrogen) atoms. The quantitative estimate of drug-likeness (QED) is 0.683. The number of thiocyanates is 1. The second-order valence-electron chi connectivity index (χ2n) is 2.46. The third kappa shape index (κ3) is 1.65. The van der Waals surface area contributed by atoms with E-state index in [1.165, 1.54) is 0 Å². The summed E-state index contributed by atoms with van der Waals surface area (Å²) in [6, 6.07) is 7.56. The molecule has 0 atom stereocenters. The number of para-hydroxylation sites is 2. The maximum absolute atomic E-state index is 8.35. The number of oxazole rings is 1. The van der Waals surface area contributed by atoms with Crippen LogP contribution in [0.2, 0.25) is 0 Å². The minimum absolute atomic E-state index is 0.505. The lowest BCUT2D eigenvalue weighted by Crippen LogP contribution is -1.75. The van der Waals surface area contributed by atoms with Gasteiger partial charge in [-0.25, -0.2) is 4.98 Å². The largest absolute Gasteiger partial charge is 0.440 e. The minimum atomic E-state index is 0.505. The first-order valence-electron chi connectivity index (χ1n) is 3.75. The number of hydrogen-bond donors (Lipinski definition) is 0. The van der Waals surface area contributed by atoms with Crippen LogP contribution in [0.1, 0.15) is 5.89 Å². The van der Waals surface area contributed by atoms with E-state index in [0.717, 1.165) is 22.9 Å². The Balaban J connectivity index is 2.34. The lowest BCUT2D eigenvalue weighted by molar-refractivity contribution is 0.556.